The predicted octanol–water partition coefficient (Wildman–Crippen LogP) is 2.02. The fourth-order valence-corrected chi connectivity index (χ4v) is 4.17. The van der Waals surface area contributed by atoms with Gasteiger partial charge in [-0.1, -0.05) is 6.42 Å². The number of aliphatic hydroxyl groups is 1. The Morgan fingerprint density at radius 1 is 1.36 bits per heavy atom. The topological polar surface area (TPSA) is 70.8 Å². The van der Waals surface area contributed by atoms with Crippen LogP contribution in [-0.4, -0.2) is 35.1 Å². The van der Waals surface area contributed by atoms with Gasteiger partial charge in [0.1, 0.15) is 5.76 Å². The number of carbonyl (C=O) groups excluding carboxylic acids is 1. The van der Waals surface area contributed by atoms with Gasteiger partial charge in [-0.25, -0.2) is 4.79 Å². The predicted molar refractivity (Wildman–Crippen MR) is 81.9 cm³/mol. The lowest BCUT2D eigenvalue weighted by molar-refractivity contribution is -0.00549. The van der Waals surface area contributed by atoms with Gasteiger partial charge >= 0.3 is 5.63 Å². The zero-order valence-electron chi connectivity index (χ0n) is 13.2. The van der Waals surface area contributed by atoms with E-state index in [2.05, 4.69) is 0 Å². The Morgan fingerprint density at radius 2 is 2.09 bits per heavy atom. The van der Waals surface area contributed by atoms with Crippen LogP contribution >= 0.6 is 0 Å². The third-order valence-electron chi connectivity index (χ3n) is 5.30. The van der Waals surface area contributed by atoms with Gasteiger partial charge in [-0.3, -0.25) is 4.79 Å². The molecule has 5 nitrogen and oxygen atoms in total. The maximum atomic E-state index is 12.9. The molecular weight excluding hydrogens is 282 g/mol. The molecule has 0 radical (unpaired) electrons. The van der Waals surface area contributed by atoms with Gasteiger partial charge in [0.05, 0.1) is 11.7 Å². The molecule has 1 amide bonds. The van der Waals surface area contributed by atoms with Crippen LogP contribution in [0.2, 0.25) is 0 Å². The number of rotatable bonds is 1. The van der Waals surface area contributed by atoms with Crippen LogP contribution < -0.4 is 5.63 Å². The Bertz CT molecular complexity index is 624. The molecule has 120 valence electrons. The fourth-order valence-electron chi connectivity index (χ4n) is 4.17. The Hall–Kier alpha value is -1.62. The zero-order chi connectivity index (χ0) is 15.9. The normalized spacial score (nSPS) is 28.3. The number of aliphatic hydroxyl groups excluding tert-OH is 1. The van der Waals surface area contributed by atoms with Crippen molar-refractivity contribution >= 4 is 5.91 Å². The van der Waals surface area contributed by atoms with Gasteiger partial charge in [-0.2, -0.15) is 0 Å². The minimum Gasteiger partial charge on any atom is -0.427 e. The summed E-state index contributed by atoms with van der Waals surface area (Å²) in [6, 6.07) is 1.37. The van der Waals surface area contributed by atoms with Crippen LogP contribution in [0, 0.1) is 19.3 Å². The number of aryl methyl sites for hydroxylation is 2. The molecule has 1 aromatic rings. The maximum absolute atomic E-state index is 12.9. The van der Waals surface area contributed by atoms with Crippen LogP contribution in [0.5, 0.6) is 0 Å². The quantitative estimate of drug-likeness (QED) is 0.862. The highest BCUT2D eigenvalue weighted by molar-refractivity contribution is 5.96. The second kappa shape index (κ2) is 5.54. The van der Waals surface area contributed by atoms with Gasteiger partial charge < -0.3 is 14.4 Å². The SMILES string of the molecule is Cc1cc(=O)oc(C)c1C(=O)N1CCC[C@]2(CCC[C@H]2O)C1. The summed E-state index contributed by atoms with van der Waals surface area (Å²) < 4.78 is 5.09. The average Bonchev–Trinajstić information content (AvgIpc) is 2.78. The van der Waals surface area contributed by atoms with Gasteiger partial charge in [0.2, 0.25) is 0 Å². The van der Waals surface area contributed by atoms with E-state index in [9.17, 15) is 14.7 Å². The molecule has 0 aromatic carbocycles. The largest absolute Gasteiger partial charge is 0.427 e. The Kier molecular flexibility index (Phi) is 3.85. The molecule has 1 aromatic heterocycles. The van der Waals surface area contributed by atoms with Crippen molar-refractivity contribution in [1.29, 1.82) is 0 Å². The lowest BCUT2D eigenvalue weighted by Gasteiger charge is -2.42. The molecule has 22 heavy (non-hydrogen) atoms. The molecule has 3 rings (SSSR count). The zero-order valence-corrected chi connectivity index (χ0v) is 13.2. The van der Waals surface area contributed by atoms with Crippen molar-refractivity contribution in [3.05, 3.63) is 33.4 Å². The monoisotopic (exact) mass is 305 g/mol. The minimum absolute atomic E-state index is 0.0862. The van der Waals surface area contributed by atoms with E-state index in [1.54, 1.807) is 13.8 Å². The van der Waals surface area contributed by atoms with E-state index in [1.807, 2.05) is 4.90 Å². The van der Waals surface area contributed by atoms with E-state index in [1.165, 1.54) is 6.07 Å². The average molecular weight is 305 g/mol. The van der Waals surface area contributed by atoms with Crippen molar-refractivity contribution in [2.45, 2.75) is 52.1 Å². The summed E-state index contributed by atoms with van der Waals surface area (Å²) in [5.74, 6) is 0.290. The number of piperidine rings is 1. The molecule has 0 unspecified atom stereocenters. The van der Waals surface area contributed by atoms with E-state index in [0.717, 1.165) is 32.1 Å². The molecule has 1 aliphatic heterocycles. The second-order valence-corrected chi connectivity index (χ2v) is 6.78. The first kappa shape index (κ1) is 15.3. The number of hydrogen-bond donors (Lipinski definition) is 1. The maximum Gasteiger partial charge on any atom is 0.336 e. The summed E-state index contributed by atoms with van der Waals surface area (Å²) in [6.45, 7) is 4.73. The van der Waals surface area contributed by atoms with Crippen molar-refractivity contribution < 1.29 is 14.3 Å². The van der Waals surface area contributed by atoms with Crippen molar-refractivity contribution in [3.8, 4) is 0 Å². The number of likely N-dealkylation sites (tertiary alicyclic amines) is 1. The molecule has 2 heterocycles. The molecule has 1 spiro atoms. The van der Waals surface area contributed by atoms with Crippen LogP contribution in [0.4, 0.5) is 0 Å². The van der Waals surface area contributed by atoms with Gasteiger partial charge in [0.15, 0.2) is 0 Å². The molecule has 2 aliphatic rings. The van der Waals surface area contributed by atoms with E-state index in [-0.39, 0.29) is 17.4 Å². The molecular formula is C17H23NO4. The van der Waals surface area contributed by atoms with Crippen molar-refractivity contribution in [3.63, 3.8) is 0 Å². The van der Waals surface area contributed by atoms with Crippen LogP contribution in [0.25, 0.3) is 0 Å². The number of nitrogens with zero attached hydrogens (tertiary/aromatic N) is 1. The first-order chi connectivity index (χ1) is 10.4. The summed E-state index contributed by atoms with van der Waals surface area (Å²) in [6.07, 6.45) is 4.44. The molecule has 2 atom stereocenters. The van der Waals surface area contributed by atoms with E-state index in [4.69, 9.17) is 4.42 Å². The first-order valence-electron chi connectivity index (χ1n) is 8.02. The Balaban J connectivity index is 1.88. The highest BCUT2D eigenvalue weighted by atomic mass is 16.4. The van der Waals surface area contributed by atoms with E-state index in [0.29, 0.717) is 30.0 Å². The third-order valence-corrected chi connectivity index (χ3v) is 5.30. The molecule has 1 saturated heterocycles. The van der Waals surface area contributed by atoms with E-state index >= 15 is 0 Å². The number of carbonyl (C=O) groups is 1. The first-order valence-corrected chi connectivity index (χ1v) is 8.02. The second-order valence-electron chi connectivity index (χ2n) is 6.78. The van der Waals surface area contributed by atoms with E-state index < -0.39 is 5.63 Å². The summed E-state index contributed by atoms with van der Waals surface area (Å²) in [7, 11) is 0. The molecule has 1 N–H and O–H groups in total. The molecule has 2 fully saturated rings. The van der Waals surface area contributed by atoms with Gasteiger partial charge in [0, 0.05) is 24.6 Å². The van der Waals surface area contributed by atoms with Gasteiger partial charge in [-0.05, 0) is 45.1 Å². The van der Waals surface area contributed by atoms with Gasteiger partial charge in [-0.15, -0.1) is 0 Å². The van der Waals surface area contributed by atoms with Gasteiger partial charge in [0.25, 0.3) is 5.91 Å². The molecule has 5 heteroatoms. The van der Waals surface area contributed by atoms with Crippen molar-refractivity contribution in [1.82, 2.24) is 4.90 Å². The third kappa shape index (κ3) is 2.47. The Labute approximate surface area is 129 Å². The van der Waals surface area contributed by atoms with Crippen molar-refractivity contribution in [2.75, 3.05) is 13.1 Å². The fraction of sp³-hybridized carbons (Fsp3) is 0.647. The van der Waals surface area contributed by atoms with Crippen LogP contribution in [0.3, 0.4) is 0 Å². The number of hydrogen-bond acceptors (Lipinski definition) is 4. The Morgan fingerprint density at radius 3 is 2.73 bits per heavy atom. The van der Waals surface area contributed by atoms with Crippen LogP contribution in [-0.2, 0) is 0 Å². The molecule has 1 saturated carbocycles. The van der Waals surface area contributed by atoms with Crippen LogP contribution in [0.1, 0.15) is 53.8 Å². The summed E-state index contributed by atoms with van der Waals surface area (Å²) in [4.78, 5) is 26.1. The highest BCUT2D eigenvalue weighted by Gasteiger charge is 2.45. The summed E-state index contributed by atoms with van der Waals surface area (Å²) in [5.41, 5.74) is 0.591. The number of amides is 1. The lowest BCUT2D eigenvalue weighted by Crippen LogP contribution is -2.49. The summed E-state index contributed by atoms with van der Waals surface area (Å²) >= 11 is 0. The van der Waals surface area contributed by atoms with Crippen LogP contribution in [0.15, 0.2) is 15.3 Å². The molecule has 0 bridgehead atoms. The highest BCUT2D eigenvalue weighted by Crippen LogP contribution is 2.45. The summed E-state index contributed by atoms with van der Waals surface area (Å²) in [5, 5.41) is 10.3. The minimum atomic E-state index is -0.423. The molecule has 1 aliphatic carbocycles. The standard InChI is InChI=1S/C17H23NO4/c1-11-9-14(20)22-12(2)15(11)16(21)18-8-4-7-17(10-18)6-3-5-13(17)19/h9,13,19H,3-8,10H2,1-2H3/t13-,17-/m1/s1. The lowest BCUT2D eigenvalue weighted by atomic mass is 9.76. The van der Waals surface area contributed by atoms with Crippen molar-refractivity contribution in [2.24, 2.45) is 5.41 Å². The smallest absolute Gasteiger partial charge is 0.336 e.